The first kappa shape index (κ1) is 24.3. The summed E-state index contributed by atoms with van der Waals surface area (Å²) in [5, 5.41) is 3.75. The highest BCUT2D eigenvalue weighted by atomic mass is 32.2. The minimum Gasteiger partial charge on any atom is -0.423 e. The summed E-state index contributed by atoms with van der Waals surface area (Å²) < 4.78 is 36.2. The van der Waals surface area contributed by atoms with Gasteiger partial charge in [-0.2, -0.15) is 8.42 Å². The summed E-state index contributed by atoms with van der Waals surface area (Å²) in [5.41, 5.74) is 1.97. The van der Waals surface area contributed by atoms with Crippen molar-refractivity contribution in [3.05, 3.63) is 48.3 Å². The quantitative estimate of drug-likeness (QED) is 0.259. The molecule has 0 aliphatic rings. The molecular weight excluding hydrogens is 438 g/mol. The first-order valence-corrected chi connectivity index (χ1v) is 10.7. The van der Waals surface area contributed by atoms with E-state index in [2.05, 4.69) is 21.2 Å². The van der Waals surface area contributed by atoms with Crippen LogP contribution in [-0.4, -0.2) is 41.1 Å². The molecule has 10 nitrogen and oxygen atoms in total. The molecule has 0 radical (unpaired) electrons. The molecule has 3 rings (SSSR count). The number of esters is 2. The van der Waals surface area contributed by atoms with Gasteiger partial charge in [-0.1, -0.05) is 12.0 Å². The summed E-state index contributed by atoms with van der Waals surface area (Å²) in [6.45, 7) is 2.51. The largest absolute Gasteiger partial charge is 0.423 e. The van der Waals surface area contributed by atoms with Crippen molar-refractivity contribution in [3.63, 3.8) is 0 Å². The van der Waals surface area contributed by atoms with Crippen LogP contribution in [0.3, 0.4) is 0 Å². The summed E-state index contributed by atoms with van der Waals surface area (Å²) in [6.07, 6.45) is 7.52. The maximum atomic E-state index is 11.4. The van der Waals surface area contributed by atoms with Gasteiger partial charge in [-0.25, -0.2) is 9.97 Å². The average Bonchev–Trinajstić information content (AvgIpc) is 2.67. The van der Waals surface area contributed by atoms with Crippen LogP contribution in [0.4, 0.5) is 11.5 Å². The maximum absolute atomic E-state index is 11.4. The molecule has 0 amide bonds. The number of carbonyl (C=O) groups is 2. The van der Waals surface area contributed by atoms with Crippen LogP contribution in [0.2, 0.25) is 0 Å². The maximum Gasteiger partial charge on any atom is 0.308 e. The Balaban J connectivity index is 0.000000654. The van der Waals surface area contributed by atoms with Crippen LogP contribution in [0.1, 0.15) is 19.4 Å². The molecule has 11 heteroatoms. The van der Waals surface area contributed by atoms with E-state index in [0.717, 1.165) is 11.3 Å². The van der Waals surface area contributed by atoms with Crippen molar-refractivity contribution in [2.75, 3.05) is 11.6 Å². The van der Waals surface area contributed by atoms with Gasteiger partial charge in [-0.05, 0) is 24.3 Å². The Morgan fingerprint density at radius 1 is 1.06 bits per heavy atom. The smallest absolute Gasteiger partial charge is 0.308 e. The molecule has 0 unspecified atom stereocenters. The summed E-state index contributed by atoms with van der Waals surface area (Å²) >= 11 is 0. The normalized spacial score (nSPS) is 10.3. The van der Waals surface area contributed by atoms with E-state index < -0.39 is 22.1 Å². The Bertz CT molecular complexity index is 1310. The fourth-order valence-corrected chi connectivity index (χ4v) is 2.46. The Kier molecular flexibility index (Phi) is 7.84. The van der Waals surface area contributed by atoms with Crippen molar-refractivity contribution < 1.29 is 32.0 Å². The van der Waals surface area contributed by atoms with Crippen molar-refractivity contribution in [2.45, 2.75) is 13.8 Å². The molecule has 2 N–H and O–H groups in total. The second-order valence-corrected chi connectivity index (χ2v) is 7.77. The average molecular weight is 457 g/mol. The Hall–Kier alpha value is -4.01. The van der Waals surface area contributed by atoms with Crippen molar-refractivity contribution in [1.29, 1.82) is 0 Å². The van der Waals surface area contributed by atoms with E-state index in [-0.39, 0.29) is 11.5 Å². The molecule has 166 valence electrons. The molecule has 32 heavy (non-hydrogen) atoms. The van der Waals surface area contributed by atoms with Gasteiger partial charge in [-0.3, -0.25) is 14.1 Å². The highest BCUT2D eigenvalue weighted by Gasteiger charge is 2.15. The van der Waals surface area contributed by atoms with E-state index >= 15 is 0 Å². The first-order chi connectivity index (χ1) is 15.0. The second-order valence-electron chi connectivity index (χ2n) is 6.31. The number of ether oxygens (including phenoxy) is 2. The van der Waals surface area contributed by atoms with E-state index in [9.17, 15) is 18.0 Å². The number of hydrogen-bond acceptors (Lipinski definition) is 9. The van der Waals surface area contributed by atoms with Crippen LogP contribution in [0.25, 0.3) is 10.9 Å². The summed E-state index contributed by atoms with van der Waals surface area (Å²) in [7, 11) is -3.67. The number of rotatable bonds is 4. The lowest BCUT2D eigenvalue weighted by Crippen LogP contribution is -2.07. The minimum absolute atomic E-state index is 0.0976. The van der Waals surface area contributed by atoms with Crippen LogP contribution in [0, 0.1) is 12.3 Å². The van der Waals surface area contributed by atoms with E-state index in [1.165, 1.54) is 26.2 Å². The van der Waals surface area contributed by atoms with E-state index in [0.29, 0.717) is 23.0 Å². The van der Waals surface area contributed by atoms with Crippen LogP contribution in [0.15, 0.2) is 42.7 Å². The molecular formula is C21H19N3O7S. The predicted octanol–water partition coefficient (Wildman–Crippen LogP) is 2.71. The molecule has 2 aromatic carbocycles. The minimum atomic E-state index is -3.67. The van der Waals surface area contributed by atoms with Gasteiger partial charge in [0.1, 0.15) is 12.1 Å². The van der Waals surface area contributed by atoms with Crippen LogP contribution in [0.5, 0.6) is 11.5 Å². The number of terminal acetylenes is 1. The van der Waals surface area contributed by atoms with E-state index in [1.807, 2.05) is 18.2 Å². The summed E-state index contributed by atoms with van der Waals surface area (Å²) in [5.74, 6) is 2.16. The van der Waals surface area contributed by atoms with E-state index in [4.69, 9.17) is 20.4 Å². The van der Waals surface area contributed by atoms with Gasteiger partial charge in [0.05, 0.1) is 11.8 Å². The zero-order valence-corrected chi connectivity index (χ0v) is 18.1. The monoisotopic (exact) mass is 457 g/mol. The number of carbonyl (C=O) groups excluding carboxylic acids is 2. The molecule has 1 heterocycles. The topological polar surface area (TPSA) is 145 Å². The number of aromatic nitrogens is 2. The van der Waals surface area contributed by atoms with Crippen molar-refractivity contribution in [2.24, 2.45) is 0 Å². The highest BCUT2D eigenvalue weighted by Crippen LogP contribution is 2.35. The molecule has 0 aliphatic carbocycles. The van der Waals surface area contributed by atoms with Crippen molar-refractivity contribution in [3.8, 4) is 23.8 Å². The molecule has 0 fully saturated rings. The van der Waals surface area contributed by atoms with Gasteiger partial charge in [0.25, 0.3) is 10.1 Å². The number of fused-ring (bicyclic) bond motifs is 1. The number of anilines is 2. The lowest BCUT2D eigenvalue weighted by atomic mass is 10.2. The lowest BCUT2D eigenvalue weighted by Gasteiger charge is -2.12. The van der Waals surface area contributed by atoms with E-state index in [1.54, 1.807) is 12.1 Å². The van der Waals surface area contributed by atoms with Gasteiger partial charge in [0.2, 0.25) is 0 Å². The summed E-state index contributed by atoms with van der Waals surface area (Å²) in [6, 6.07) is 10.3. The van der Waals surface area contributed by atoms with Crippen LogP contribution < -0.4 is 14.8 Å². The molecule has 0 spiro atoms. The van der Waals surface area contributed by atoms with Gasteiger partial charge >= 0.3 is 11.9 Å². The zero-order valence-electron chi connectivity index (χ0n) is 17.3. The SMILES string of the molecule is C#Cc1cccc(Nc2ncnc3cc(OC(C)=O)c(OC(C)=O)cc23)c1.CS(=O)(=O)O. The molecule has 3 aromatic rings. The van der Waals surface area contributed by atoms with Crippen LogP contribution in [-0.2, 0) is 19.7 Å². The third kappa shape index (κ3) is 7.67. The Morgan fingerprint density at radius 3 is 2.22 bits per heavy atom. The molecule has 0 saturated carbocycles. The predicted molar refractivity (Wildman–Crippen MR) is 117 cm³/mol. The molecule has 0 saturated heterocycles. The first-order valence-electron chi connectivity index (χ1n) is 8.88. The van der Waals surface area contributed by atoms with Crippen molar-refractivity contribution >= 4 is 44.5 Å². The van der Waals surface area contributed by atoms with Gasteiger partial charge in [-0.15, -0.1) is 6.42 Å². The highest BCUT2D eigenvalue weighted by molar-refractivity contribution is 7.85. The molecule has 0 aliphatic heterocycles. The second kappa shape index (κ2) is 10.3. The fraction of sp³-hybridized carbons (Fsp3) is 0.143. The third-order valence-corrected chi connectivity index (χ3v) is 3.50. The summed E-state index contributed by atoms with van der Waals surface area (Å²) in [4.78, 5) is 31.2. The molecule has 0 atom stereocenters. The Morgan fingerprint density at radius 2 is 1.66 bits per heavy atom. The van der Waals surface area contributed by atoms with Crippen molar-refractivity contribution in [1.82, 2.24) is 9.97 Å². The Labute approximate surface area is 184 Å². The molecule has 0 bridgehead atoms. The van der Waals surface area contributed by atoms with Crippen LogP contribution >= 0.6 is 0 Å². The molecule has 1 aromatic heterocycles. The van der Waals surface area contributed by atoms with Gasteiger partial charge in [0, 0.05) is 36.6 Å². The number of benzene rings is 2. The fourth-order valence-electron chi connectivity index (χ4n) is 2.46. The zero-order chi connectivity index (χ0) is 23.9. The van der Waals surface area contributed by atoms with Gasteiger partial charge in [0.15, 0.2) is 11.5 Å². The third-order valence-electron chi connectivity index (χ3n) is 3.50. The van der Waals surface area contributed by atoms with Gasteiger partial charge < -0.3 is 14.8 Å². The number of nitrogens with one attached hydrogen (secondary N) is 1. The number of nitrogens with zero attached hydrogens (tertiary/aromatic N) is 2. The standard InChI is InChI=1S/C20H15N3O4.CH4O3S/c1-4-14-6-5-7-15(8-14)23-20-16-9-18(26-12(2)24)19(27-13(3)25)10-17(16)21-11-22-20;1-5(2,3)4/h1,5-11H,2-3H3,(H,21,22,23);1H3,(H,2,3,4). The lowest BCUT2D eigenvalue weighted by molar-refractivity contribution is -0.134. The number of hydrogen-bond donors (Lipinski definition) is 2.